The Morgan fingerprint density at radius 2 is 1.92 bits per heavy atom. The number of halogens is 2. The fraction of sp³-hybridized carbons (Fsp3) is 0.353. The molecular weight excluding hydrogens is 330 g/mol. The molecule has 0 aliphatic heterocycles. The van der Waals surface area contributed by atoms with E-state index >= 15 is 0 Å². The summed E-state index contributed by atoms with van der Waals surface area (Å²) in [6, 6.07) is 5.32. The molecule has 2 heterocycles. The van der Waals surface area contributed by atoms with E-state index in [0.29, 0.717) is 24.0 Å². The lowest BCUT2D eigenvalue weighted by Crippen LogP contribution is -2.22. The summed E-state index contributed by atoms with van der Waals surface area (Å²) in [6.45, 7) is 6.07. The van der Waals surface area contributed by atoms with Crippen LogP contribution in [0.1, 0.15) is 38.2 Å². The average Bonchev–Trinajstić information content (AvgIpc) is 3.18. The van der Waals surface area contributed by atoms with Crippen LogP contribution in [0.3, 0.4) is 0 Å². The van der Waals surface area contributed by atoms with E-state index < -0.39 is 17.2 Å². The lowest BCUT2D eigenvalue weighted by Gasteiger charge is -2.19. The van der Waals surface area contributed by atoms with Gasteiger partial charge in [-0.05, 0) is 39.0 Å². The Morgan fingerprint density at radius 3 is 2.60 bits per heavy atom. The molecule has 3 rings (SSSR count). The molecule has 0 unspecified atom stereocenters. The molecule has 0 aliphatic rings. The maximum Gasteiger partial charge on any atom is 0.258 e. The van der Waals surface area contributed by atoms with Crippen molar-refractivity contribution < 1.29 is 18.0 Å². The van der Waals surface area contributed by atoms with Gasteiger partial charge in [0, 0.05) is 12.8 Å². The second-order valence-corrected chi connectivity index (χ2v) is 5.96. The quantitative estimate of drug-likeness (QED) is 0.683. The number of rotatable bonds is 6. The molecule has 0 atom stereocenters. The second-order valence-electron chi connectivity index (χ2n) is 5.96. The number of hydrogen-bond acceptors (Lipinski definition) is 5. The van der Waals surface area contributed by atoms with Gasteiger partial charge in [-0.3, -0.25) is 0 Å². The van der Waals surface area contributed by atoms with Crippen LogP contribution in [0.5, 0.6) is 0 Å². The van der Waals surface area contributed by atoms with Gasteiger partial charge in [-0.25, -0.2) is 13.5 Å². The molecule has 0 saturated heterocycles. The number of aromatic nitrogens is 4. The third kappa shape index (κ3) is 3.58. The van der Waals surface area contributed by atoms with Crippen LogP contribution in [0.2, 0.25) is 0 Å². The molecular formula is C17H18F2N4O2. The summed E-state index contributed by atoms with van der Waals surface area (Å²) in [6.07, 6.45) is 1.76. The van der Waals surface area contributed by atoms with Gasteiger partial charge in [0.2, 0.25) is 0 Å². The van der Waals surface area contributed by atoms with E-state index in [-0.39, 0.29) is 12.1 Å². The van der Waals surface area contributed by atoms with Gasteiger partial charge in [0.05, 0.1) is 12.1 Å². The fourth-order valence-electron chi connectivity index (χ4n) is 2.44. The lowest BCUT2D eigenvalue weighted by molar-refractivity contribution is -0.0370. The van der Waals surface area contributed by atoms with Gasteiger partial charge in [0.15, 0.2) is 17.5 Å². The molecule has 0 amide bonds. The van der Waals surface area contributed by atoms with Crippen molar-refractivity contribution in [2.24, 2.45) is 0 Å². The highest BCUT2D eigenvalue weighted by Gasteiger charge is 2.28. The van der Waals surface area contributed by atoms with Gasteiger partial charge in [0.1, 0.15) is 11.3 Å². The summed E-state index contributed by atoms with van der Waals surface area (Å²) < 4.78 is 39.6. The molecule has 2 aromatic heterocycles. The SMILES string of the molecule is CCOC(C)(C)c1nc(Cc2ccn(-c3c(F)cccc3F)n2)no1. The predicted molar refractivity (Wildman–Crippen MR) is 85.2 cm³/mol. The zero-order chi connectivity index (χ0) is 18.0. The van der Waals surface area contributed by atoms with Crippen molar-refractivity contribution >= 4 is 0 Å². The Labute approximate surface area is 143 Å². The third-order valence-electron chi connectivity index (χ3n) is 3.64. The predicted octanol–water partition coefficient (Wildman–Crippen LogP) is 3.40. The Bertz CT molecular complexity index is 853. The van der Waals surface area contributed by atoms with Crippen molar-refractivity contribution in [2.45, 2.75) is 32.8 Å². The molecule has 3 aromatic rings. The Kier molecular flexibility index (Phi) is 4.63. The molecule has 0 saturated carbocycles. The summed E-state index contributed by atoms with van der Waals surface area (Å²) in [5.41, 5.74) is -0.348. The summed E-state index contributed by atoms with van der Waals surface area (Å²) in [4.78, 5) is 4.31. The van der Waals surface area contributed by atoms with Crippen molar-refractivity contribution in [3.8, 4) is 5.69 Å². The zero-order valence-corrected chi connectivity index (χ0v) is 14.2. The van der Waals surface area contributed by atoms with E-state index in [1.165, 1.54) is 24.4 Å². The first-order chi connectivity index (χ1) is 11.9. The fourth-order valence-corrected chi connectivity index (χ4v) is 2.44. The van der Waals surface area contributed by atoms with Crippen molar-refractivity contribution in [3.63, 3.8) is 0 Å². The van der Waals surface area contributed by atoms with E-state index in [9.17, 15) is 8.78 Å². The lowest BCUT2D eigenvalue weighted by atomic mass is 10.1. The molecule has 25 heavy (non-hydrogen) atoms. The van der Waals surface area contributed by atoms with Crippen molar-refractivity contribution in [2.75, 3.05) is 6.61 Å². The van der Waals surface area contributed by atoms with Gasteiger partial charge in [0.25, 0.3) is 5.89 Å². The van der Waals surface area contributed by atoms with Crippen LogP contribution in [0.15, 0.2) is 35.0 Å². The van der Waals surface area contributed by atoms with E-state index in [1.807, 2.05) is 20.8 Å². The highest BCUT2D eigenvalue weighted by Crippen LogP contribution is 2.23. The number of para-hydroxylation sites is 1. The van der Waals surface area contributed by atoms with Gasteiger partial charge < -0.3 is 9.26 Å². The normalized spacial score (nSPS) is 11.9. The summed E-state index contributed by atoms with van der Waals surface area (Å²) in [7, 11) is 0. The highest BCUT2D eigenvalue weighted by atomic mass is 19.1. The van der Waals surface area contributed by atoms with Crippen LogP contribution in [0.25, 0.3) is 5.69 Å². The van der Waals surface area contributed by atoms with E-state index in [2.05, 4.69) is 15.2 Å². The van der Waals surface area contributed by atoms with Crippen LogP contribution in [0, 0.1) is 11.6 Å². The Balaban J connectivity index is 1.80. The number of ether oxygens (including phenoxy) is 1. The van der Waals surface area contributed by atoms with Crippen molar-refractivity contribution in [1.82, 2.24) is 19.9 Å². The number of benzene rings is 1. The van der Waals surface area contributed by atoms with Gasteiger partial charge in [-0.2, -0.15) is 10.1 Å². The molecule has 0 bridgehead atoms. The highest BCUT2D eigenvalue weighted by molar-refractivity contribution is 5.34. The Morgan fingerprint density at radius 1 is 1.20 bits per heavy atom. The first-order valence-corrected chi connectivity index (χ1v) is 7.86. The van der Waals surface area contributed by atoms with E-state index in [0.717, 1.165) is 4.68 Å². The largest absolute Gasteiger partial charge is 0.366 e. The van der Waals surface area contributed by atoms with Crippen molar-refractivity contribution in [3.05, 3.63) is 59.5 Å². The molecule has 0 radical (unpaired) electrons. The molecule has 0 N–H and O–H groups in total. The number of nitrogens with zero attached hydrogens (tertiary/aromatic N) is 4. The average molecular weight is 348 g/mol. The number of hydrogen-bond donors (Lipinski definition) is 0. The van der Waals surface area contributed by atoms with Crippen molar-refractivity contribution in [1.29, 1.82) is 0 Å². The minimum atomic E-state index is -0.685. The third-order valence-corrected chi connectivity index (χ3v) is 3.64. The van der Waals surface area contributed by atoms with E-state index in [1.54, 1.807) is 6.07 Å². The van der Waals surface area contributed by atoms with Gasteiger partial charge in [-0.15, -0.1) is 0 Å². The second kappa shape index (κ2) is 6.72. The maximum atomic E-state index is 13.8. The standard InChI is InChI=1S/C17H18F2N4O2/c1-4-24-17(2,3)16-20-14(22-25-16)10-11-8-9-23(21-11)15-12(18)6-5-7-13(15)19/h5-9H,4,10H2,1-3H3. The molecule has 8 heteroatoms. The topological polar surface area (TPSA) is 66.0 Å². The van der Waals surface area contributed by atoms with Crippen LogP contribution in [0.4, 0.5) is 8.78 Å². The molecule has 1 aromatic carbocycles. The minimum absolute atomic E-state index is 0.222. The van der Waals surface area contributed by atoms with Gasteiger partial charge >= 0.3 is 0 Å². The molecule has 0 fully saturated rings. The van der Waals surface area contributed by atoms with Gasteiger partial charge in [-0.1, -0.05) is 11.2 Å². The van der Waals surface area contributed by atoms with Crippen LogP contribution >= 0.6 is 0 Å². The molecule has 132 valence electrons. The Hall–Kier alpha value is -2.61. The summed E-state index contributed by atoms with van der Waals surface area (Å²) in [5.74, 6) is -0.587. The van der Waals surface area contributed by atoms with Crippen LogP contribution in [-0.4, -0.2) is 26.5 Å². The molecule has 0 spiro atoms. The monoisotopic (exact) mass is 348 g/mol. The molecule has 6 nitrogen and oxygen atoms in total. The first-order valence-electron chi connectivity index (χ1n) is 7.86. The first kappa shape index (κ1) is 17.2. The van der Waals surface area contributed by atoms with Crippen LogP contribution in [-0.2, 0) is 16.8 Å². The van der Waals surface area contributed by atoms with E-state index in [4.69, 9.17) is 9.26 Å². The summed E-state index contributed by atoms with van der Waals surface area (Å²) in [5, 5.41) is 8.10. The molecule has 0 aliphatic carbocycles. The summed E-state index contributed by atoms with van der Waals surface area (Å²) >= 11 is 0. The minimum Gasteiger partial charge on any atom is -0.366 e. The maximum absolute atomic E-state index is 13.8. The zero-order valence-electron chi connectivity index (χ0n) is 14.2. The smallest absolute Gasteiger partial charge is 0.258 e. The van der Waals surface area contributed by atoms with Crippen LogP contribution < -0.4 is 0 Å².